The van der Waals surface area contributed by atoms with Crippen molar-refractivity contribution in [1.82, 2.24) is 20.5 Å². The quantitative estimate of drug-likeness (QED) is 0.104. The molecule has 3 saturated heterocycles. The highest BCUT2D eigenvalue weighted by Gasteiger charge is 2.48. The summed E-state index contributed by atoms with van der Waals surface area (Å²) < 4.78 is 12.6. The van der Waals surface area contributed by atoms with Crippen LogP contribution in [-0.4, -0.2) is 58.3 Å². The molecule has 4 heterocycles. The Bertz CT molecular complexity index is 2140. The Labute approximate surface area is 308 Å². The van der Waals surface area contributed by atoms with Crippen LogP contribution in [0.1, 0.15) is 58.7 Å². The van der Waals surface area contributed by atoms with Crippen molar-refractivity contribution in [3.63, 3.8) is 0 Å². The number of benzene rings is 4. The number of aliphatic hydroxyl groups excluding tert-OH is 1. The SMILES string of the molecule is O=C(O[C@H]1CN2CCC1CC2)C1(NCc2cccc(OCc3ccc(CNC[C@H](O)c4ccc(O)c5[nH]c(=O)ccc45)cc3)c2)CCc2ccccc21. The lowest BCUT2D eigenvalue weighted by atomic mass is 9.85. The first-order valence-corrected chi connectivity index (χ1v) is 18.6. The standard InChI is InChI=1S/C43H46N4O6/c48-37-14-12-34(35-13-15-40(50)46-41(35)37)38(49)25-44-23-28-8-10-29(11-9-28)27-52-33-6-3-4-30(22-33)24-45-43(19-16-31-5-1-2-7-36(31)43)42(51)53-39-26-47-20-17-32(39)18-21-47/h1-15,22,32,38-39,44-45,48-49H,16-21,23-27H2,(H,46,50)/t38-,39-,43?/m0/s1. The molecular formula is C43H46N4O6. The number of pyridine rings is 1. The van der Waals surface area contributed by atoms with E-state index in [1.54, 1.807) is 12.1 Å². The molecule has 1 aromatic heterocycles. The number of aliphatic hydroxyl groups is 1. The number of carbonyl (C=O) groups excluding carboxylic acids is 1. The van der Waals surface area contributed by atoms with Crippen molar-refractivity contribution < 1.29 is 24.5 Å². The van der Waals surface area contributed by atoms with E-state index >= 15 is 0 Å². The minimum absolute atomic E-state index is 0.0346. The molecule has 5 aromatic rings. The summed E-state index contributed by atoms with van der Waals surface area (Å²) >= 11 is 0. The first kappa shape index (κ1) is 35.1. The lowest BCUT2D eigenvalue weighted by Gasteiger charge is -2.45. The van der Waals surface area contributed by atoms with Gasteiger partial charge in [-0.25, -0.2) is 4.79 Å². The number of nitrogens with zero attached hydrogens (tertiary/aromatic N) is 1. The summed E-state index contributed by atoms with van der Waals surface area (Å²) in [5.74, 6) is 1.01. The van der Waals surface area contributed by atoms with Gasteiger partial charge in [-0.05, 0) is 102 Å². The number of rotatable bonds is 13. The third kappa shape index (κ3) is 7.45. The molecule has 3 atom stereocenters. The van der Waals surface area contributed by atoms with Gasteiger partial charge in [0.15, 0.2) is 0 Å². The highest BCUT2D eigenvalue weighted by Crippen LogP contribution is 2.40. The maximum atomic E-state index is 14.1. The maximum Gasteiger partial charge on any atom is 0.331 e. The van der Waals surface area contributed by atoms with E-state index < -0.39 is 11.6 Å². The first-order chi connectivity index (χ1) is 25.8. The number of ether oxygens (including phenoxy) is 2. The average molecular weight is 715 g/mol. The van der Waals surface area contributed by atoms with Crippen molar-refractivity contribution in [1.29, 1.82) is 0 Å². The van der Waals surface area contributed by atoms with Crippen molar-refractivity contribution in [3.05, 3.63) is 141 Å². The molecule has 0 amide bonds. The van der Waals surface area contributed by atoms with Gasteiger partial charge in [0.05, 0.1) is 11.6 Å². The second kappa shape index (κ2) is 15.2. The van der Waals surface area contributed by atoms with Crippen LogP contribution >= 0.6 is 0 Å². The van der Waals surface area contributed by atoms with E-state index in [0.717, 1.165) is 66.9 Å². The third-order valence-electron chi connectivity index (χ3n) is 11.3. The number of carbonyl (C=O) groups is 1. The number of aromatic nitrogens is 1. The first-order valence-electron chi connectivity index (χ1n) is 18.6. The number of nitrogens with one attached hydrogen (secondary N) is 3. The van der Waals surface area contributed by atoms with E-state index in [9.17, 15) is 19.8 Å². The van der Waals surface area contributed by atoms with Crippen LogP contribution in [0.3, 0.4) is 0 Å². The number of phenols is 1. The van der Waals surface area contributed by atoms with Gasteiger partial charge in [-0.15, -0.1) is 0 Å². The van der Waals surface area contributed by atoms with Gasteiger partial charge in [0, 0.05) is 37.6 Å². The Kier molecular flexibility index (Phi) is 10.0. The van der Waals surface area contributed by atoms with Crippen LogP contribution in [0.5, 0.6) is 11.5 Å². The van der Waals surface area contributed by atoms with Crippen molar-refractivity contribution in [2.45, 2.75) is 63.1 Å². The molecule has 1 unspecified atom stereocenters. The molecule has 10 heteroatoms. The van der Waals surface area contributed by atoms with Gasteiger partial charge in [0.1, 0.15) is 29.7 Å². The predicted octanol–water partition coefficient (Wildman–Crippen LogP) is 5.20. The molecule has 3 aliphatic heterocycles. The maximum absolute atomic E-state index is 14.1. The number of esters is 1. The predicted molar refractivity (Wildman–Crippen MR) is 202 cm³/mol. The Hall–Kier alpha value is -5.00. The van der Waals surface area contributed by atoms with Crippen LogP contribution in [0.25, 0.3) is 10.9 Å². The molecule has 3 fully saturated rings. The smallest absolute Gasteiger partial charge is 0.331 e. The van der Waals surface area contributed by atoms with Crippen LogP contribution in [-0.2, 0) is 41.2 Å². The Morgan fingerprint density at radius 3 is 2.55 bits per heavy atom. The Balaban J connectivity index is 0.855. The molecular weight excluding hydrogens is 668 g/mol. The molecule has 4 aliphatic rings. The van der Waals surface area contributed by atoms with Crippen LogP contribution in [0.4, 0.5) is 0 Å². The fraction of sp³-hybridized carbons (Fsp3) is 0.349. The molecule has 1 aliphatic carbocycles. The summed E-state index contributed by atoms with van der Waals surface area (Å²) in [4.78, 5) is 30.9. The molecule has 0 saturated carbocycles. The molecule has 274 valence electrons. The average Bonchev–Trinajstić information content (AvgIpc) is 3.57. The van der Waals surface area contributed by atoms with Gasteiger partial charge in [-0.2, -0.15) is 0 Å². The zero-order chi connectivity index (χ0) is 36.4. The number of piperidine rings is 3. The number of hydrogen-bond acceptors (Lipinski definition) is 9. The molecule has 0 spiro atoms. The summed E-state index contributed by atoms with van der Waals surface area (Å²) in [6, 6.07) is 30.5. The summed E-state index contributed by atoms with van der Waals surface area (Å²) in [5.41, 5.74) is 5.08. The van der Waals surface area contributed by atoms with E-state index in [1.165, 1.54) is 17.7 Å². The van der Waals surface area contributed by atoms with E-state index in [-0.39, 0.29) is 23.4 Å². The number of hydrogen-bond donors (Lipinski definition) is 5. The molecule has 10 nitrogen and oxygen atoms in total. The molecule has 9 rings (SSSR count). The fourth-order valence-electron chi connectivity index (χ4n) is 8.29. The molecule has 4 aromatic carbocycles. The zero-order valence-corrected chi connectivity index (χ0v) is 29.7. The number of aryl methyl sites for hydroxylation is 1. The molecule has 5 N–H and O–H groups in total. The summed E-state index contributed by atoms with van der Waals surface area (Å²) in [6.07, 6.45) is 2.83. The summed E-state index contributed by atoms with van der Waals surface area (Å²) in [7, 11) is 0. The van der Waals surface area contributed by atoms with E-state index in [2.05, 4.69) is 38.7 Å². The van der Waals surface area contributed by atoms with Gasteiger partial charge >= 0.3 is 5.97 Å². The Morgan fingerprint density at radius 2 is 1.74 bits per heavy atom. The van der Waals surface area contributed by atoms with Gasteiger partial charge < -0.3 is 30.0 Å². The van der Waals surface area contributed by atoms with Crippen molar-refractivity contribution in [2.75, 3.05) is 26.2 Å². The minimum Gasteiger partial charge on any atom is -0.506 e. The molecule has 2 bridgehead atoms. The Morgan fingerprint density at radius 1 is 0.925 bits per heavy atom. The molecule has 53 heavy (non-hydrogen) atoms. The topological polar surface area (TPSA) is 136 Å². The van der Waals surface area contributed by atoms with E-state index in [1.807, 2.05) is 54.6 Å². The van der Waals surface area contributed by atoms with Gasteiger partial charge in [-0.3, -0.25) is 15.0 Å². The fourth-order valence-corrected chi connectivity index (χ4v) is 8.29. The van der Waals surface area contributed by atoms with Gasteiger partial charge in [0.2, 0.25) is 5.56 Å². The number of fused-ring (bicyclic) bond motifs is 5. The van der Waals surface area contributed by atoms with Crippen LogP contribution in [0, 0.1) is 5.92 Å². The second-order valence-electron chi connectivity index (χ2n) is 14.7. The largest absolute Gasteiger partial charge is 0.506 e. The van der Waals surface area contributed by atoms with Crippen LogP contribution < -0.4 is 20.9 Å². The number of H-pyrrole nitrogens is 1. The normalized spacial score (nSPS) is 22.4. The summed E-state index contributed by atoms with van der Waals surface area (Å²) in [5, 5.41) is 28.6. The van der Waals surface area contributed by atoms with Crippen molar-refractivity contribution in [2.24, 2.45) is 5.92 Å². The van der Waals surface area contributed by atoms with Crippen molar-refractivity contribution in [3.8, 4) is 11.5 Å². The highest BCUT2D eigenvalue weighted by atomic mass is 16.5. The number of aromatic amines is 1. The van der Waals surface area contributed by atoms with Crippen LogP contribution in [0.2, 0.25) is 0 Å². The second-order valence-corrected chi connectivity index (χ2v) is 14.7. The van der Waals surface area contributed by atoms with E-state index in [4.69, 9.17) is 9.47 Å². The van der Waals surface area contributed by atoms with Crippen LogP contribution in [0.15, 0.2) is 102 Å². The number of phenolic OH excluding ortho intramolecular Hbond substituents is 1. The lowest BCUT2D eigenvalue weighted by molar-refractivity contribution is -0.167. The monoisotopic (exact) mass is 714 g/mol. The lowest BCUT2D eigenvalue weighted by Crippen LogP contribution is -2.55. The highest BCUT2D eigenvalue weighted by molar-refractivity contribution is 5.87. The van der Waals surface area contributed by atoms with Gasteiger partial charge in [0.25, 0.3) is 0 Å². The van der Waals surface area contributed by atoms with E-state index in [0.29, 0.717) is 55.0 Å². The zero-order valence-electron chi connectivity index (χ0n) is 29.7. The third-order valence-corrected chi connectivity index (χ3v) is 11.3. The number of aromatic hydroxyl groups is 1. The summed E-state index contributed by atoms with van der Waals surface area (Å²) in [6.45, 7) is 4.80. The molecule has 0 radical (unpaired) electrons. The van der Waals surface area contributed by atoms with Gasteiger partial charge in [-0.1, -0.05) is 66.7 Å². The van der Waals surface area contributed by atoms with Crippen molar-refractivity contribution >= 4 is 16.9 Å². The minimum atomic E-state index is -0.879.